The molecule has 124 valence electrons. The first kappa shape index (κ1) is 15.3. The van der Waals surface area contributed by atoms with Crippen LogP contribution in [0.3, 0.4) is 0 Å². The van der Waals surface area contributed by atoms with Crippen LogP contribution in [0.15, 0.2) is 22.9 Å². The largest absolute Gasteiger partial charge is 0.335 e. The highest BCUT2D eigenvalue weighted by Gasteiger charge is 2.30. The van der Waals surface area contributed by atoms with Gasteiger partial charge in [0.25, 0.3) is 5.78 Å². The Balaban J connectivity index is 1.56. The molecule has 0 N–H and O–H groups in total. The molecule has 24 heavy (non-hydrogen) atoms. The number of thiophene rings is 1. The van der Waals surface area contributed by atoms with Crippen molar-refractivity contribution in [2.24, 2.45) is 0 Å². The van der Waals surface area contributed by atoms with Gasteiger partial charge in [0.2, 0.25) is 5.91 Å². The van der Waals surface area contributed by atoms with Gasteiger partial charge in [-0.1, -0.05) is 0 Å². The lowest BCUT2D eigenvalue weighted by atomic mass is 10.1. The average Bonchev–Trinajstić information content (AvgIpc) is 3.26. The summed E-state index contributed by atoms with van der Waals surface area (Å²) in [5.41, 5.74) is 3.12. The van der Waals surface area contributed by atoms with E-state index in [0.29, 0.717) is 11.6 Å². The van der Waals surface area contributed by atoms with Gasteiger partial charge < -0.3 is 4.90 Å². The van der Waals surface area contributed by atoms with Crippen LogP contribution in [0.1, 0.15) is 41.7 Å². The molecule has 7 heteroatoms. The minimum atomic E-state index is 0.0916. The van der Waals surface area contributed by atoms with Crippen molar-refractivity contribution in [3.63, 3.8) is 0 Å². The summed E-state index contributed by atoms with van der Waals surface area (Å²) in [7, 11) is 0. The van der Waals surface area contributed by atoms with Crippen molar-refractivity contribution in [1.82, 2.24) is 24.5 Å². The van der Waals surface area contributed by atoms with E-state index in [1.807, 2.05) is 24.8 Å². The van der Waals surface area contributed by atoms with Crippen molar-refractivity contribution in [2.75, 3.05) is 6.54 Å². The number of hydrogen-bond donors (Lipinski definition) is 0. The zero-order valence-corrected chi connectivity index (χ0v) is 14.6. The summed E-state index contributed by atoms with van der Waals surface area (Å²) in [4.78, 5) is 23.6. The molecule has 4 rings (SSSR count). The van der Waals surface area contributed by atoms with Gasteiger partial charge >= 0.3 is 0 Å². The number of carbonyl (C=O) groups is 1. The van der Waals surface area contributed by atoms with Gasteiger partial charge in [0.1, 0.15) is 0 Å². The number of aromatic nitrogens is 4. The molecule has 0 aliphatic carbocycles. The number of fused-ring (bicyclic) bond motifs is 1. The Labute approximate surface area is 144 Å². The van der Waals surface area contributed by atoms with Crippen LogP contribution >= 0.6 is 11.3 Å². The van der Waals surface area contributed by atoms with Crippen LogP contribution in [0.4, 0.5) is 0 Å². The molecule has 0 saturated carbocycles. The second-order valence-electron chi connectivity index (χ2n) is 6.26. The standard InChI is InChI=1S/C17H19N5OS/c1-11-8-12(2)22-17(18-11)19-15(20-22)9-16(23)21-6-3-4-14(21)13-5-7-24-10-13/h5,7-8,10,14H,3-4,6,9H2,1-2H3/t14-/m0/s1. The maximum atomic E-state index is 12.8. The fraction of sp³-hybridized carbons (Fsp3) is 0.412. The predicted molar refractivity (Wildman–Crippen MR) is 92.0 cm³/mol. The molecule has 4 heterocycles. The van der Waals surface area contributed by atoms with Crippen LogP contribution in [0, 0.1) is 13.8 Å². The fourth-order valence-corrected chi connectivity index (χ4v) is 4.10. The van der Waals surface area contributed by atoms with Gasteiger partial charge in [0.15, 0.2) is 5.82 Å². The first-order chi connectivity index (χ1) is 11.6. The van der Waals surface area contributed by atoms with Crippen LogP contribution in [0.25, 0.3) is 5.78 Å². The van der Waals surface area contributed by atoms with Crippen LogP contribution in [0.5, 0.6) is 0 Å². The summed E-state index contributed by atoms with van der Waals surface area (Å²) in [6.07, 6.45) is 2.30. The van der Waals surface area contributed by atoms with Gasteiger partial charge in [-0.2, -0.15) is 16.3 Å². The van der Waals surface area contributed by atoms with E-state index in [0.717, 1.165) is 30.8 Å². The Hall–Kier alpha value is -2.28. The molecule has 0 spiro atoms. The Morgan fingerprint density at radius 3 is 3.04 bits per heavy atom. The van der Waals surface area contributed by atoms with E-state index >= 15 is 0 Å². The summed E-state index contributed by atoms with van der Waals surface area (Å²) in [5, 5.41) is 8.65. The van der Waals surface area contributed by atoms with Gasteiger partial charge in [-0.05, 0) is 55.1 Å². The molecule has 3 aromatic rings. The molecule has 1 aliphatic heterocycles. The zero-order chi connectivity index (χ0) is 16.7. The number of likely N-dealkylation sites (tertiary alicyclic amines) is 1. The third-order valence-electron chi connectivity index (χ3n) is 4.47. The lowest BCUT2D eigenvalue weighted by Gasteiger charge is -2.23. The van der Waals surface area contributed by atoms with Crippen molar-refractivity contribution in [3.8, 4) is 0 Å². The van der Waals surface area contributed by atoms with E-state index in [1.54, 1.807) is 15.9 Å². The number of hydrogen-bond acceptors (Lipinski definition) is 5. The number of amides is 1. The second-order valence-corrected chi connectivity index (χ2v) is 7.04. The van der Waals surface area contributed by atoms with Crippen LogP contribution in [-0.2, 0) is 11.2 Å². The third kappa shape index (κ3) is 2.69. The number of nitrogens with zero attached hydrogens (tertiary/aromatic N) is 5. The number of carbonyl (C=O) groups excluding carboxylic acids is 1. The fourth-order valence-electron chi connectivity index (χ4n) is 3.40. The van der Waals surface area contributed by atoms with Crippen molar-refractivity contribution in [1.29, 1.82) is 0 Å². The highest BCUT2D eigenvalue weighted by atomic mass is 32.1. The maximum Gasteiger partial charge on any atom is 0.252 e. The van der Waals surface area contributed by atoms with E-state index in [-0.39, 0.29) is 18.4 Å². The van der Waals surface area contributed by atoms with E-state index in [9.17, 15) is 4.79 Å². The summed E-state index contributed by atoms with van der Waals surface area (Å²) in [6, 6.07) is 4.27. The molecule has 0 bridgehead atoms. The molecule has 1 fully saturated rings. The van der Waals surface area contributed by atoms with Crippen LogP contribution in [-0.4, -0.2) is 36.9 Å². The second kappa shape index (κ2) is 5.98. The normalized spacial score (nSPS) is 17.8. The molecule has 1 amide bonds. The molecule has 0 aromatic carbocycles. The number of aryl methyl sites for hydroxylation is 2. The first-order valence-electron chi connectivity index (χ1n) is 8.13. The van der Waals surface area contributed by atoms with Gasteiger partial charge in [0, 0.05) is 17.9 Å². The molecular weight excluding hydrogens is 322 g/mol. The molecule has 1 atom stereocenters. The van der Waals surface area contributed by atoms with Crippen molar-refractivity contribution in [2.45, 2.75) is 39.2 Å². The minimum absolute atomic E-state index is 0.0916. The molecule has 3 aromatic heterocycles. The van der Waals surface area contributed by atoms with E-state index in [1.165, 1.54) is 5.56 Å². The first-order valence-corrected chi connectivity index (χ1v) is 9.07. The van der Waals surface area contributed by atoms with Gasteiger partial charge in [0.05, 0.1) is 12.5 Å². The van der Waals surface area contributed by atoms with Crippen molar-refractivity contribution >= 4 is 23.0 Å². The molecule has 1 saturated heterocycles. The van der Waals surface area contributed by atoms with Gasteiger partial charge in [-0.25, -0.2) is 9.50 Å². The van der Waals surface area contributed by atoms with Gasteiger partial charge in [-0.15, -0.1) is 5.10 Å². The quantitative estimate of drug-likeness (QED) is 0.735. The highest BCUT2D eigenvalue weighted by molar-refractivity contribution is 7.07. The molecule has 6 nitrogen and oxygen atoms in total. The highest BCUT2D eigenvalue weighted by Crippen LogP contribution is 2.33. The Morgan fingerprint density at radius 1 is 1.38 bits per heavy atom. The van der Waals surface area contributed by atoms with E-state index < -0.39 is 0 Å². The zero-order valence-electron chi connectivity index (χ0n) is 13.8. The van der Waals surface area contributed by atoms with E-state index in [2.05, 4.69) is 31.9 Å². The van der Waals surface area contributed by atoms with E-state index in [4.69, 9.17) is 0 Å². The Morgan fingerprint density at radius 2 is 2.25 bits per heavy atom. The predicted octanol–water partition coefficient (Wildman–Crippen LogP) is 2.71. The smallest absolute Gasteiger partial charge is 0.252 e. The third-order valence-corrected chi connectivity index (χ3v) is 5.17. The summed E-state index contributed by atoms with van der Waals surface area (Å²) < 4.78 is 1.70. The summed E-state index contributed by atoms with van der Waals surface area (Å²) >= 11 is 1.68. The lowest BCUT2D eigenvalue weighted by Crippen LogP contribution is -2.32. The summed E-state index contributed by atoms with van der Waals surface area (Å²) in [5.74, 6) is 1.19. The lowest BCUT2D eigenvalue weighted by molar-refractivity contribution is -0.131. The molecular formula is C17H19N5OS. The number of rotatable bonds is 3. The average molecular weight is 341 g/mol. The van der Waals surface area contributed by atoms with Crippen molar-refractivity contribution in [3.05, 3.63) is 45.7 Å². The summed E-state index contributed by atoms with van der Waals surface area (Å²) in [6.45, 7) is 4.71. The SMILES string of the molecule is Cc1cc(C)n2nc(CC(=O)N3CCC[C@H]3c3ccsc3)nc2n1. The monoisotopic (exact) mass is 341 g/mol. The van der Waals surface area contributed by atoms with Crippen LogP contribution < -0.4 is 0 Å². The van der Waals surface area contributed by atoms with Gasteiger partial charge in [-0.3, -0.25) is 4.79 Å². The topological polar surface area (TPSA) is 63.4 Å². The Bertz CT molecular complexity index is 886. The molecule has 0 radical (unpaired) electrons. The van der Waals surface area contributed by atoms with Crippen LogP contribution in [0.2, 0.25) is 0 Å². The molecule has 1 aliphatic rings. The Kier molecular flexibility index (Phi) is 3.80. The van der Waals surface area contributed by atoms with Crippen molar-refractivity contribution < 1.29 is 4.79 Å². The minimum Gasteiger partial charge on any atom is -0.335 e. The maximum absolute atomic E-state index is 12.8. The molecule has 0 unspecified atom stereocenters.